The number of aryl methyl sites for hydroxylation is 1. The number of aromatic nitrogens is 4. The van der Waals surface area contributed by atoms with E-state index < -0.39 is 11.8 Å². The van der Waals surface area contributed by atoms with Crippen molar-refractivity contribution in [3.8, 4) is 22.5 Å². The van der Waals surface area contributed by atoms with Crippen LogP contribution in [0.2, 0.25) is 0 Å². The third-order valence-corrected chi connectivity index (χ3v) is 6.63. The van der Waals surface area contributed by atoms with Gasteiger partial charge in [-0.25, -0.2) is 23.7 Å². The summed E-state index contributed by atoms with van der Waals surface area (Å²) in [4.78, 5) is 33.1. The number of halogens is 1. The fraction of sp³-hybridized carbons (Fsp3) is 0.296. The normalized spacial score (nSPS) is 14.6. The molecule has 0 atom stereocenters. The number of hydrogen-bond donors (Lipinski definition) is 1. The average molecular weight is 503 g/mol. The number of carbonyl (C=O) groups is 2. The fourth-order valence-corrected chi connectivity index (χ4v) is 4.56. The lowest BCUT2D eigenvalue weighted by molar-refractivity contribution is 0.0113. The quantitative estimate of drug-likeness (QED) is 0.433. The molecular weight excluding hydrogens is 475 g/mol. The van der Waals surface area contributed by atoms with Crippen molar-refractivity contribution in [2.24, 2.45) is 0 Å². The highest BCUT2D eigenvalue weighted by Gasteiger charge is 2.24. The van der Waals surface area contributed by atoms with Gasteiger partial charge in [0.05, 0.1) is 17.0 Å². The molecule has 5 rings (SSSR count). The SMILES string of the molecule is CCc1cc(C(=O)N2CCCCCN2C)nc2cc(-c3ccc(-c4ccc(C(=O)O)cn4)cc3F)nn12. The van der Waals surface area contributed by atoms with Crippen LogP contribution in [-0.4, -0.2) is 66.7 Å². The number of aromatic carboxylic acids is 1. The predicted molar refractivity (Wildman–Crippen MR) is 135 cm³/mol. The third-order valence-electron chi connectivity index (χ3n) is 6.63. The first-order valence-electron chi connectivity index (χ1n) is 12.3. The third kappa shape index (κ3) is 4.79. The molecule has 3 aromatic heterocycles. The number of carbonyl (C=O) groups excluding carboxylic acids is 1. The summed E-state index contributed by atoms with van der Waals surface area (Å²) in [5.74, 6) is -1.72. The van der Waals surface area contributed by atoms with Crippen LogP contribution in [0.15, 0.2) is 48.7 Å². The summed E-state index contributed by atoms with van der Waals surface area (Å²) >= 11 is 0. The van der Waals surface area contributed by atoms with Crippen molar-refractivity contribution in [2.45, 2.75) is 32.6 Å². The molecule has 0 spiro atoms. The Hall–Kier alpha value is -4.18. The molecule has 0 radical (unpaired) electrons. The molecule has 1 N–H and O–H groups in total. The second kappa shape index (κ2) is 10.1. The van der Waals surface area contributed by atoms with Crippen LogP contribution in [0.4, 0.5) is 4.39 Å². The van der Waals surface area contributed by atoms with Crippen LogP contribution in [0.5, 0.6) is 0 Å². The lowest BCUT2D eigenvalue weighted by Crippen LogP contribution is -2.44. The maximum Gasteiger partial charge on any atom is 0.337 e. The van der Waals surface area contributed by atoms with Crippen LogP contribution in [0, 0.1) is 5.82 Å². The Morgan fingerprint density at radius 2 is 1.84 bits per heavy atom. The van der Waals surface area contributed by atoms with E-state index in [2.05, 4.69) is 15.1 Å². The Labute approximate surface area is 213 Å². The van der Waals surface area contributed by atoms with Crippen LogP contribution in [0.3, 0.4) is 0 Å². The number of nitrogens with zero attached hydrogens (tertiary/aromatic N) is 6. The van der Waals surface area contributed by atoms with Gasteiger partial charge in [-0.05, 0) is 49.6 Å². The lowest BCUT2D eigenvalue weighted by atomic mass is 10.1. The second-order valence-electron chi connectivity index (χ2n) is 9.09. The van der Waals surface area contributed by atoms with Gasteiger partial charge in [0.1, 0.15) is 11.5 Å². The van der Waals surface area contributed by atoms with Gasteiger partial charge in [-0.15, -0.1) is 0 Å². The first kappa shape index (κ1) is 24.5. The van der Waals surface area contributed by atoms with Gasteiger partial charge in [0.15, 0.2) is 5.65 Å². The largest absolute Gasteiger partial charge is 0.478 e. The van der Waals surface area contributed by atoms with Crippen molar-refractivity contribution in [3.63, 3.8) is 0 Å². The summed E-state index contributed by atoms with van der Waals surface area (Å²) in [6.07, 6.45) is 4.94. The minimum absolute atomic E-state index is 0.0603. The maximum atomic E-state index is 15.2. The molecule has 1 fully saturated rings. The summed E-state index contributed by atoms with van der Waals surface area (Å²) in [5.41, 5.74) is 3.35. The molecule has 1 aliphatic rings. The Balaban J connectivity index is 1.48. The van der Waals surface area contributed by atoms with Gasteiger partial charge in [0, 0.05) is 49.2 Å². The van der Waals surface area contributed by atoms with E-state index in [0.717, 1.165) is 31.5 Å². The monoisotopic (exact) mass is 502 g/mol. The highest BCUT2D eigenvalue weighted by atomic mass is 19.1. The smallest absolute Gasteiger partial charge is 0.337 e. The Morgan fingerprint density at radius 1 is 1.03 bits per heavy atom. The molecule has 0 bridgehead atoms. The van der Waals surface area contributed by atoms with Crippen LogP contribution >= 0.6 is 0 Å². The first-order valence-corrected chi connectivity index (χ1v) is 12.3. The zero-order valence-corrected chi connectivity index (χ0v) is 20.7. The lowest BCUT2D eigenvalue weighted by Gasteiger charge is -2.29. The van der Waals surface area contributed by atoms with Gasteiger partial charge in [0.25, 0.3) is 5.91 Å². The van der Waals surface area contributed by atoms with Crippen LogP contribution in [0.1, 0.15) is 52.7 Å². The molecule has 1 aromatic carbocycles. The van der Waals surface area contributed by atoms with Crippen molar-refractivity contribution in [1.29, 1.82) is 0 Å². The molecule has 9 nitrogen and oxygen atoms in total. The number of rotatable bonds is 5. The zero-order valence-electron chi connectivity index (χ0n) is 20.7. The zero-order chi connectivity index (χ0) is 26.1. The summed E-state index contributed by atoms with van der Waals surface area (Å²) < 4.78 is 16.9. The highest BCUT2D eigenvalue weighted by Crippen LogP contribution is 2.28. The number of fused-ring (bicyclic) bond motifs is 1. The summed E-state index contributed by atoms with van der Waals surface area (Å²) in [6, 6.07) is 11.1. The Kier molecular flexibility index (Phi) is 6.66. The number of benzene rings is 1. The van der Waals surface area contributed by atoms with Crippen LogP contribution in [0.25, 0.3) is 28.2 Å². The summed E-state index contributed by atoms with van der Waals surface area (Å²) in [7, 11) is 1.92. The fourth-order valence-electron chi connectivity index (χ4n) is 4.56. The molecule has 1 amide bonds. The van der Waals surface area contributed by atoms with E-state index in [1.807, 2.05) is 19.0 Å². The van der Waals surface area contributed by atoms with Crippen molar-refractivity contribution in [2.75, 3.05) is 20.1 Å². The topological polar surface area (TPSA) is 104 Å². The molecule has 190 valence electrons. The highest BCUT2D eigenvalue weighted by molar-refractivity contribution is 5.92. The van der Waals surface area contributed by atoms with Crippen molar-refractivity contribution < 1.29 is 19.1 Å². The van der Waals surface area contributed by atoms with E-state index >= 15 is 4.39 Å². The molecule has 1 aliphatic heterocycles. The summed E-state index contributed by atoms with van der Waals surface area (Å²) in [5, 5.41) is 17.3. The Morgan fingerprint density at radius 3 is 2.54 bits per heavy atom. The Bertz CT molecular complexity index is 1480. The number of carboxylic acids is 1. The van der Waals surface area contributed by atoms with Crippen molar-refractivity contribution in [1.82, 2.24) is 29.6 Å². The van der Waals surface area contributed by atoms with E-state index in [-0.39, 0.29) is 11.5 Å². The van der Waals surface area contributed by atoms with Crippen molar-refractivity contribution in [3.05, 3.63) is 71.4 Å². The van der Waals surface area contributed by atoms with Gasteiger partial charge < -0.3 is 5.11 Å². The predicted octanol–water partition coefficient (Wildman–Crippen LogP) is 4.33. The second-order valence-corrected chi connectivity index (χ2v) is 9.09. The van der Waals surface area contributed by atoms with Crippen molar-refractivity contribution >= 4 is 17.5 Å². The summed E-state index contributed by atoms with van der Waals surface area (Å²) in [6.45, 7) is 3.44. The van der Waals surface area contributed by atoms with Gasteiger partial charge in [-0.2, -0.15) is 5.10 Å². The minimum atomic E-state index is -1.07. The molecule has 37 heavy (non-hydrogen) atoms. The van der Waals surface area contributed by atoms with E-state index in [1.54, 1.807) is 39.9 Å². The number of pyridine rings is 1. The first-order chi connectivity index (χ1) is 17.9. The molecule has 10 heteroatoms. The van der Waals surface area contributed by atoms with Crippen LogP contribution in [-0.2, 0) is 6.42 Å². The number of carboxylic acid groups (broad SMARTS) is 1. The molecule has 4 heterocycles. The van der Waals surface area contributed by atoms with Gasteiger partial charge >= 0.3 is 5.97 Å². The van der Waals surface area contributed by atoms with Gasteiger partial charge in [-0.3, -0.25) is 14.8 Å². The van der Waals surface area contributed by atoms with Gasteiger partial charge in [0.2, 0.25) is 0 Å². The molecule has 0 saturated carbocycles. The van der Waals surface area contributed by atoms with Gasteiger partial charge in [-0.1, -0.05) is 19.4 Å². The van der Waals surface area contributed by atoms with E-state index in [0.29, 0.717) is 46.8 Å². The number of amides is 1. The molecule has 0 aliphatic carbocycles. The van der Waals surface area contributed by atoms with E-state index in [1.165, 1.54) is 18.3 Å². The average Bonchev–Trinajstić information content (AvgIpc) is 3.21. The number of hydrazine groups is 1. The standard InChI is InChI=1S/C27H27FN6O3/c1-3-19-14-24(26(35)33-12-6-4-5-11-32(33)2)30-25-15-23(31-34(19)25)20-9-7-17(13-21(20)28)22-10-8-18(16-29-22)27(36)37/h7-10,13-16H,3-6,11-12H2,1-2H3,(H,36,37). The molecule has 4 aromatic rings. The van der Waals surface area contributed by atoms with E-state index in [9.17, 15) is 9.59 Å². The molecular formula is C27H27FN6O3. The van der Waals surface area contributed by atoms with E-state index in [4.69, 9.17) is 5.11 Å². The number of hydrogen-bond acceptors (Lipinski definition) is 6. The maximum absolute atomic E-state index is 15.2. The minimum Gasteiger partial charge on any atom is -0.478 e. The molecule has 0 unspecified atom stereocenters. The molecule has 1 saturated heterocycles. The van der Waals surface area contributed by atoms with Crippen LogP contribution < -0.4 is 0 Å².